The van der Waals surface area contributed by atoms with Crippen LogP contribution in [0.1, 0.15) is 32.6 Å². The van der Waals surface area contributed by atoms with Gasteiger partial charge in [0.25, 0.3) is 0 Å². The van der Waals surface area contributed by atoms with Crippen LogP contribution >= 0.6 is 0 Å². The van der Waals surface area contributed by atoms with E-state index in [1.54, 1.807) is 13.1 Å². The second-order valence-electron chi connectivity index (χ2n) is 3.47. The first-order chi connectivity index (χ1) is 6.57. The maximum atomic E-state index is 10.8. The van der Waals surface area contributed by atoms with Crippen molar-refractivity contribution in [3.63, 3.8) is 0 Å². The molecule has 0 aliphatic heterocycles. The van der Waals surface area contributed by atoms with E-state index >= 15 is 0 Å². The summed E-state index contributed by atoms with van der Waals surface area (Å²) in [6, 6.07) is -0.0510. The second kappa shape index (κ2) is 4.26. The van der Waals surface area contributed by atoms with Gasteiger partial charge in [0.15, 0.2) is 0 Å². The number of carbonyl (C=O) groups is 1. The Morgan fingerprint density at radius 2 is 2.29 bits per heavy atom. The maximum Gasteiger partial charge on any atom is 0.308 e. The molecule has 1 aromatic heterocycles. The highest BCUT2D eigenvalue weighted by Crippen LogP contribution is 2.19. The fourth-order valence-corrected chi connectivity index (χ4v) is 1.44. The Kier molecular flexibility index (Phi) is 3.28. The van der Waals surface area contributed by atoms with Crippen molar-refractivity contribution in [2.75, 3.05) is 0 Å². The molecule has 0 radical (unpaired) electrons. The molecular formula is C10H16N2O2. The normalized spacial score (nSPS) is 15.1. The fraction of sp³-hybridized carbons (Fsp3) is 0.600. The lowest BCUT2D eigenvalue weighted by Crippen LogP contribution is -2.22. The summed E-state index contributed by atoms with van der Waals surface area (Å²) in [4.78, 5) is 15.0. The summed E-state index contributed by atoms with van der Waals surface area (Å²) in [5, 5.41) is 8.88. The smallest absolute Gasteiger partial charge is 0.308 e. The summed E-state index contributed by atoms with van der Waals surface area (Å²) in [7, 11) is 0. The molecule has 1 aromatic rings. The summed E-state index contributed by atoms with van der Waals surface area (Å²) in [5.41, 5.74) is 0. The zero-order valence-electron chi connectivity index (χ0n) is 8.77. The number of aliphatic carboxylic acids is 1. The number of carboxylic acid groups (broad SMARTS) is 1. The van der Waals surface area contributed by atoms with Crippen molar-refractivity contribution >= 4 is 5.97 Å². The molecule has 1 rings (SSSR count). The van der Waals surface area contributed by atoms with Crippen molar-refractivity contribution in [1.29, 1.82) is 0 Å². The van der Waals surface area contributed by atoms with Gasteiger partial charge in [-0.2, -0.15) is 0 Å². The van der Waals surface area contributed by atoms with Crippen LogP contribution in [0, 0.1) is 5.92 Å². The zero-order chi connectivity index (χ0) is 10.7. The second-order valence-corrected chi connectivity index (χ2v) is 3.47. The Labute approximate surface area is 83.6 Å². The maximum absolute atomic E-state index is 10.8. The molecule has 0 saturated carbocycles. The largest absolute Gasteiger partial charge is 0.481 e. The first-order valence-corrected chi connectivity index (χ1v) is 4.82. The number of hydrogen-bond donors (Lipinski definition) is 1. The number of aromatic nitrogens is 2. The van der Waals surface area contributed by atoms with Crippen molar-refractivity contribution in [2.45, 2.75) is 33.2 Å². The number of imidazole rings is 1. The molecule has 0 amide bonds. The molecule has 1 heterocycles. The van der Waals surface area contributed by atoms with Gasteiger partial charge in [-0.05, 0) is 13.8 Å². The Bertz CT molecular complexity index is 320. The van der Waals surface area contributed by atoms with Crippen molar-refractivity contribution in [2.24, 2.45) is 5.92 Å². The minimum atomic E-state index is -0.770. The van der Waals surface area contributed by atoms with E-state index in [2.05, 4.69) is 4.98 Å². The first-order valence-electron chi connectivity index (χ1n) is 4.82. The monoisotopic (exact) mass is 196 g/mol. The minimum Gasteiger partial charge on any atom is -0.481 e. The third-order valence-electron chi connectivity index (χ3n) is 2.62. The quantitative estimate of drug-likeness (QED) is 0.797. The van der Waals surface area contributed by atoms with Crippen LogP contribution in [0.4, 0.5) is 0 Å². The molecule has 0 fully saturated rings. The fourth-order valence-electron chi connectivity index (χ4n) is 1.44. The van der Waals surface area contributed by atoms with E-state index in [1.807, 2.05) is 24.6 Å². The Morgan fingerprint density at radius 3 is 2.79 bits per heavy atom. The number of carboxylic acids is 1. The van der Waals surface area contributed by atoms with Gasteiger partial charge in [0.2, 0.25) is 0 Å². The summed E-state index contributed by atoms with van der Waals surface area (Å²) in [6.45, 7) is 5.63. The first kappa shape index (κ1) is 10.8. The Hall–Kier alpha value is -1.32. The van der Waals surface area contributed by atoms with Crippen LogP contribution in [0.25, 0.3) is 0 Å². The molecular weight excluding hydrogens is 180 g/mol. The lowest BCUT2D eigenvalue weighted by molar-refractivity contribution is -0.142. The highest BCUT2D eigenvalue weighted by Gasteiger charge is 2.21. The third-order valence-corrected chi connectivity index (χ3v) is 2.62. The minimum absolute atomic E-state index is 0.0510. The SMILES string of the molecule is CCc1nccn1C(C)C(C)C(=O)O. The van der Waals surface area contributed by atoms with Gasteiger partial charge in [-0.1, -0.05) is 6.92 Å². The molecule has 4 nitrogen and oxygen atoms in total. The number of rotatable bonds is 4. The van der Waals surface area contributed by atoms with Gasteiger partial charge < -0.3 is 9.67 Å². The molecule has 2 atom stereocenters. The lowest BCUT2D eigenvalue weighted by atomic mass is 10.0. The highest BCUT2D eigenvalue weighted by molar-refractivity contribution is 5.70. The van der Waals surface area contributed by atoms with Gasteiger partial charge >= 0.3 is 5.97 Å². The molecule has 78 valence electrons. The number of nitrogens with zero attached hydrogens (tertiary/aromatic N) is 2. The molecule has 0 spiro atoms. The average Bonchev–Trinajstić information content (AvgIpc) is 2.62. The lowest BCUT2D eigenvalue weighted by Gasteiger charge is -2.19. The van der Waals surface area contributed by atoms with E-state index in [1.165, 1.54) is 0 Å². The Balaban J connectivity index is 2.88. The summed E-state index contributed by atoms with van der Waals surface area (Å²) in [5.74, 6) is -0.228. The van der Waals surface area contributed by atoms with Gasteiger partial charge in [0.1, 0.15) is 5.82 Å². The molecule has 2 unspecified atom stereocenters. The van der Waals surface area contributed by atoms with E-state index in [4.69, 9.17) is 5.11 Å². The molecule has 0 aromatic carbocycles. The van der Waals surface area contributed by atoms with Crippen molar-refractivity contribution in [3.8, 4) is 0 Å². The third kappa shape index (κ3) is 1.95. The molecule has 1 N–H and O–H groups in total. The molecule has 0 bridgehead atoms. The Morgan fingerprint density at radius 1 is 1.64 bits per heavy atom. The van der Waals surface area contributed by atoms with Crippen molar-refractivity contribution in [3.05, 3.63) is 18.2 Å². The van der Waals surface area contributed by atoms with Crippen molar-refractivity contribution < 1.29 is 9.90 Å². The van der Waals surface area contributed by atoms with Crippen LogP contribution in [-0.4, -0.2) is 20.6 Å². The van der Waals surface area contributed by atoms with Gasteiger partial charge in [-0.15, -0.1) is 0 Å². The molecule has 0 aliphatic rings. The number of hydrogen-bond acceptors (Lipinski definition) is 2. The molecule has 0 saturated heterocycles. The predicted molar refractivity (Wildman–Crippen MR) is 53.1 cm³/mol. The van der Waals surface area contributed by atoms with E-state index < -0.39 is 11.9 Å². The predicted octanol–water partition coefficient (Wildman–Crippen LogP) is 1.73. The van der Waals surface area contributed by atoms with Gasteiger partial charge in [-0.25, -0.2) is 4.98 Å². The van der Waals surface area contributed by atoms with Gasteiger partial charge in [0, 0.05) is 24.9 Å². The van der Waals surface area contributed by atoms with Crippen LogP contribution in [0.3, 0.4) is 0 Å². The van der Waals surface area contributed by atoms with Crippen LogP contribution < -0.4 is 0 Å². The van der Waals surface area contributed by atoms with E-state index in [9.17, 15) is 4.79 Å². The highest BCUT2D eigenvalue weighted by atomic mass is 16.4. The molecule has 0 aliphatic carbocycles. The van der Waals surface area contributed by atoms with Crippen LogP contribution in [-0.2, 0) is 11.2 Å². The van der Waals surface area contributed by atoms with E-state index in [0.29, 0.717) is 0 Å². The number of aryl methyl sites for hydroxylation is 1. The van der Waals surface area contributed by atoms with E-state index in [0.717, 1.165) is 12.2 Å². The average molecular weight is 196 g/mol. The van der Waals surface area contributed by atoms with Crippen LogP contribution in [0.5, 0.6) is 0 Å². The summed E-state index contributed by atoms with van der Waals surface area (Å²) in [6.07, 6.45) is 4.37. The topological polar surface area (TPSA) is 55.1 Å². The van der Waals surface area contributed by atoms with Gasteiger partial charge in [0.05, 0.1) is 5.92 Å². The summed E-state index contributed by atoms with van der Waals surface area (Å²) >= 11 is 0. The van der Waals surface area contributed by atoms with Crippen LogP contribution in [0.15, 0.2) is 12.4 Å². The van der Waals surface area contributed by atoms with Gasteiger partial charge in [-0.3, -0.25) is 4.79 Å². The van der Waals surface area contributed by atoms with E-state index in [-0.39, 0.29) is 6.04 Å². The van der Waals surface area contributed by atoms with Crippen molar-refractivity contribution in [1.82, 2.24) is 9.55 Å². The standard InChI is InChI=1S/C10H16N2O2/c1-4-9-11-5-6-12(9)8(3)7(2)10(13)14/h5-8H,4H2,1-3H3,(H,13,14). The van der Waals surface area contributed by atoms with Crippen LogP contribution in [0.2, 0.25) is 0 Å². The molecule has 14 heavy (non-hydrogen) atoms. The molecule has 4 heteroatoms. The summed E-state index contributed by atoms with van der Waals surface area (Å²) < 4.78 is 1.93. The zero-order valence-corrected chi connectivity index (χ0v) is 8.77.